The summed E-state index contributed by atoms with van der Waals surface area (Å²) in [7, 11) is -2.01. The van der Waals surface area contributed by atoms with Crippen LogP contribution in [-0.4, -0.2) is 69.7 Å². The molecular weight excluding hydrogens is 330 g/mol. The Morgan fingerprint density at radius 2 is 2.04 bits per heavy atom. The highest BCUT2D eigenvalue weighted by atomic mass is 32.2. The fourth-order valence-electron chi connectivity index (χ4n) is 3.02. The molecule has 9 heteroatoms. The highest BCUT2D eigenvalue weighted by molar-refractivity contribution is 7.89. The Balaban J connectivity index is 1.88. The summed E-state index contributed by atoms with van der Waals surface area (Å²) in [5, 5.41) is 0. The molecule has 2 heterocycles. The first-order valence-electron chi connectivity index (χ1n) is 7.25. The van der Waals surface area contributed by atoms with E-state index in [0.29, 0.717) is 6.61 Å². The molecule has 0 radical (unpaired) electrons. The van der Waals surface area contributed by atoms with E-state index in [1.54, 1.807) is 0 Å². The Hall–Kier alpha value is -1.29. The van der Waals surface area contributed by atoms with Gasteiger partial charge in [-0.3, -0.25) is 4.90 Å². The van der Waals surface area contributed by atoms with Gasteiger partial charge in [-0.15, -0.1) is 0 Å². The molecule has 0 aromatic heterocycles. The second kappa shape index (κ2) is 6.31. The van der Waals surface area contributed by atoms with Crippen LogP contribution in [0.1, 0.15) is 0 Å². The predicted molar refractivity (Wildman–Crippen MR) is 78.0 cm³/mol. The smallest absolute Gasteiger partial charge is 0.387 e. The highest BCUT2D eigenvalue weighted by Gasteiger charge is 2.44. The summed E-state index contributed by atoms with van der Waals surface area (Å²) in [6.07, 6.45) is -0.202. The quantitative estimate of drug-likeness (QED) is 0.812. The van der Waals surface area contributed by atoms with E-state index < -0.39 is 16.6 Å². The Kier molecular flexibility index (Phi) is 4.54. The lowest BCUT2D eigenvalue weighted by Gasteiger charge is -2.33. The van der Waals surface area contributed by atoms with E-state index in [1.807, 2.05) is 7.05 Å². The summed E-state index contributed by atoms with van der Waals surface area (Å²) >= 11 is 0. The minimum absolute atomic E-state index is 0.0262. The first kappa shape index (κ1) is 16.6. The minimum Gasteiger partial charge on any atom is -0.433 e. The molecule has 0 amide bonds. The highest BCUT2D eigenvalue weighted by Crippen LogP contribution is 2.32. The van der Waals surface area contributed by atoms with Gasteiger partial charge in [-0.2, -0.15) is 13.1 Å². The van der Waals surface area contributed by atoms with Gasteiger partial charge >= 0.3 is 6.61 Å². The van der Waals surface area contributed by atoms with Gasteiger partial charge in [0.15, 0.2) is 0 Å². The largest absolute Gasteiger partial charge is 0.433 e. The van der Waals surface area contributed by atoms with Crippen LogP contribution in [0, 0.1) is 0 Å². The van der Waals surface area contributed by atoms with Gasteiger partial charge in [0.05, 0.1) is 18.8 Å². The molecule has 3 rings (SSSR count). The van der Waals surface area contributed by atoms with Crippen LogP contribution in [0.5, 0.6) is 5.75 Å². The van der Waals surface area contributed by atoms with Crippen LogP contribution < -0.4 is 4.74 Å². The zero-order valence-corrected chi connectivity index (χ0v) is 13.4. The maximum atomic E-state index is 12.8. The molecule has 6 nitrogen and oxygen atoms in total. The van der Waals surface area contributed by atoms with E-state index in [2.05, 4.69) is 9.64 Å². The van der Waals surface area contributed by atoms with Crippen molar-refractivity contribution in [2.24, 2.45) is 0 Å². The number of para-hydroxylation sites is 1. The topological polar surface area (TPSA) is 59.1 Å². The fourth-order valence-corrected chi connectivity index (χ4v) is 4.61. The molecule has 2 aliphatic rings. The summed E-state index contributed by atoms with van der Waals surface area (Å²) in [6, 6.07) is 5.42. The maximum absolute atomic E-state index is 12.8. The van der Waals surface area contributed by atoms with E-state index >= 15 is 0 Å². The van der Waals surface area contributed by atoms with Crippen molar-refractivity contribution >= 4 is 10.0 Å². The van der Waals surface area contributed by atoms with Crippen LogP contribution in [0.2, 0.25) is 0 Å². The van der Waals surface area contributed by atoms with Crippen LogP contribution in [-0.2, 0) is 14.8 Å². The predicted octanol–water partition coefficient (Wildman–Crippen LogP) is 0.991. The second-order valence-corrected chi connectivity index (χ2v) is 7.51. The first-order valence-corrected chi connectivity index (χ1v) is 8.69. The van der Waals surface area contributed by atoms with Gasteiger partial charge in [0.1, 0.15) is 10.6 Å². The van der Waals surface area contributed by atoms with Gasteiger partial charge in [0.2, 0.25) is 10.0 Å². The molecule has 1 aromatic rings. The van der Waals surface area contributed by atoms with Gasteiger partial charge in [-0.05, 0) is 19.2 Å². The van der Waals surface area contributed by atoms with Crippen LogP contribution in [0.4, 0.5) is 8.78 Å². The number of benzene rings is 1. The van der Waals surface area contributed by atoms with Crippen molar-refractivity contribution in [3.8, 4) is 5.75 Å². The molecule has 0 spiro atoms. The lowest BCUT2D eigenvalue weighted by atomic mass is 10.1. The Bertz CT molecular complexity index is 670. The molecule has 0 aliphatic carbocycles. The first-order chi connectivity index (χ1) is 10.9. The van der Waals surface area contributed by atoms with E-state index in [-0.39, 0.29) is 35.9 Å². The number of sulfonamides is 1. The summed E-state index contributed by atoms with van der Waals surface area (Å²) in [4.78, 5) is 1.81. The molecule has 2 aliphatic heterocycles. The molecule has 0 N–H and O–H groups in total. The Morgan fingerprint density at radius 1 is 1.30 bits per heavy atom. The van der Waals surface area contributed by atoms with E-state index in [0.717, 1.165) is 6.54 Å². The number of likely N-dealkylation sites (N-methyl/N-ethyl adjacent to an activating group) is 1. The van der Waals surface area contributed by atoms with Gasteiger partial charge in [0, 0.05) is 19.6 Å². The second-order valence-electron chi connectivity index (χ2n) is 5.60. The zero-order chi connectivity index (χ0) is 16.6. The molecule has 0 bridgehead atoms. The van der Waals surface area contributed by atoms with Crippen molar-refractivity contribution in [2.75, 3.05) is 33.3 Å². The summed E-state index contributed by atoms with van der Waals surface area (Å²) in [5.41, 5.74) is 0. The number of fused-ring (bicyclic) bond motifs is 1. The number of morpholine rings is 1. The lowest BCUT2D eigenvalue weighted by molar-refractivity contribution is -0.0518. The van der Waals surface area contributed by atoms with Crippen molar-refractivity contribution in [3.05, 3.63) is 24.3 Å². The van der Waals surface area contributed by atoms with Crippen molar-refractivity contribution in [2.45, 2.75) is 23.7 Å². The normalized spacial score (nSPS) is 26.4. The van der Waals surface area contributed by atoms with Gasteiger partial charge in [-0.25, -0.2) is 8.42 Å². The van der Waals surface area contributed by atoms with Crippen LogP contribution in [0.15, 0.2) is 29.2 Å². The summed E-state index contributed by atoms with van der Waals surface area (Å²) in [5.74, 6) is -0.341. The van der Waals surface area contributed by atoms with Crippen LogP contribution in [0.25, 0.3) is 0 Å². The van der Waals surface area contributed by atoms with E-state index in [4.69, 9.17) is 4.74 Å². The number of ether oxygens (including phenoxy) is 2. The molecule has 2 atom stereocenters. The molecule has 23 heavy (non-hydrogen) atoms. The average Bonchev–Trinajstić information content (AvgIpc) is 2.93. The number of hydrogen-bond donors (Lipinski definition) is 0. The van der Waals surface area contributed by atoms with Crippen molar-refractivity contribution in [1.29, 1.82) is 0 Å². The monoisotopic (exact) mass is 348 g/mol. The Morgan fingerprint density at radius 3 is 2.74 bits per heavy atom. The minimum atomic E-state index is -3.93. The number of hydrogen-bond acceptors (Lipinski definition) is 5. The van der Waals surface area contributed by atoms with Gasteiger partial charge < -0.3 is 9.47 Å². The number of rotatable bonds is 4. The molecule has 0 unspecified atom stereocenters. The van der Waals surface area contributed by atoms with Gasteiger partial charge in [0.25, 0.3) is 0 Å². The molecule has 1 aromatic carbocycles. The number of halogens is 2. The maximum Gasteiger partial charge on any atom is 0.387 e. The summed E-state index contributed by atoms with van der Waals surface area (Å²) in [6.45, 7) is -1.31. The average molecular weight is 348 g/mol. The van der Waals surface area contributed by atoms with E-state index in [1.165, 1.54) is 28.6 Å². The third-order valence-electron chi connectivity index (χ3n) is 4.23. The number of nitrogens with zero attached hydrogens (tertiary/aromatic N) is 2. The van der Waals surface area contributed by atoms with Crippen LogP contribution >= 0.6 is 0 Å². The molecule has 2 fully saturated rings. The third-order valence-corrected chi connectivity index (χ3v) is 6.10. The van der Waals surface area contributed by atoms with Crippen molar-refractivity contribution in [1.82, 2.24) is 9.21 Å². The Labute approximate surface area is 133 Å². The SMILES string of the molecule is CN1CCO[C@@H]2CN(S(=O)(=O)c3ccccc3OC(F)F)C[C@@H]21. The summed E-state index contributed by atoms with van der Waals surface area (Å²) < 4.78 is 61.9. The fraction of sp³-hybridized carbons (Fsp3) is 0.571. The lowest BCUT2D eigenvalue weighted by Crippen LogP contribution is -2.48. The molecule has 2 saturated heterocycles. The van der Waals surface area contributed by atoms with Gasteiger partial charge in [-0.1, -0.05) is 12.1 Å². The van der Waals surface area contributed by atoms with Crippen LogP contribution in [0.3, 0.4) is 0 Å². The zero-order valence-electron chi connectivity index (χ0n) is 12.6. The van der Waals surface area contributed by atoms with Crippen molar-refractivity contribution in [3.63, 3.8) is 0 Å². The molecule has 0 saturated carbocycles. The molecular formula is C14H18F2N2O4S. The van der Waals surface area contributed by atoms with Crippen molar-refractivity contribution < 1.29 is 26.7 Å². The third kappa shape index (κ3) is 3.18. The standard InChI is InChI=1S/C14H18F2N2O4S/c1-17-6-7-21-12-9-18(8-10(12)17)23(19,20)13-5-3-2-4-11(13)22-14(15)16/h2-5,10,12,14H,6-9H2,1H3/t10-,12+/m0/s1. The molecule has 128 valence electrons. The van der Waals surface area contributed by atoms with E-state index in [9.17, 15) is 17.2 Å². The number of alkyl halides is 2.